The van der Waals surface area contributed by atoms with Gasteiger partial charge >= 0.3 is 0 Å². The van der Waals surface area contributed by atoms with E-state index < -0.39 is 4.92 Å². The van der Waals surface area contributed by atoms with Crippen LogP contribution in [0.1, 0.15) is 21.5 Å². The molecule has 6 nitrogen and oxygen atoms in total. The maximum atomic E-state index is 12.8. The highest BCUT2D eigenvalue weighted by atomic mass is 16.6. The molecule has 3 rings (SSSR count). The van der Waals surface area contributed by atoms with Crippen molar-refractivity contribution in [3.63, 3.8) is 0 Å². The number of amidine groups is 1. The van der Waals surface area contributed by atoms with E-state index in [1.165, 1.54) is 6.07 Å². The second-order valence-electron chi connectivity index (χ2n) is 5.68. The van der Waals surface area contributed by atoms with E-state index in [2.05, 4.69) is 4.99 Å². The number of hydrogen-bond donors (Lipinski definition) is 0. The van der Waals surface area contributed by atoms with Gasteiger partial charge < -0.3 is 0 Å². The van der Waals surface area contributed by atoms with E-state index in [0.29, 0.717) is 36.5 Å². The Hall–Kier alpha value is -3.02. The van der Waals surface area contributed by atoms with Gasteiger partial charge in [0.1, 0.15) is 5.84 Å². The Kier molecular flexibility index (Phi) is 4.37. The van der Waals surface area contributed by atoms with Crippen LogP contribution in [-0.2, 0) is 6.42 Å². The number of carbonyl (C=O) groups excluding carboxylic acids is 1. The highest BCUT2D eigenvalue weighted by Gasteiger charge is 2.26. The summed E-state index contributed by atoms with van der Waals surface area (Å²) in [4.78, 5) is 29.4. The molecule has 0 saturated heterocycles. The first-order valence-corrected chi connectivity index (χ1v) is 7.70. The summed E-state index contributed by atoms with van der Waals surface area (Å²) < 4.78 is 0. The van der Waals surface area contributed by atoms with Crippen LogP contribution in [0.5, 0.6) is 0 Å². The zero-order valence-electron chi connectivity index (χ0n) is 13.3. The van der Waals surface area contributed by atoms with Crippen molar-refractivity contribution < 1.29 is 9.72 Å². The van der Waals surface area contributed by atoms with Gasteiger partial charge in [0.25, 0.3) is 11.6 Å². The van der Waals surface area contributed by atoms with Gasteiger partial charge in [-0.3, -0.25) is 24.8 Å². The van der Waals surface area contributed by atoms with E-state index in [1.807, 2.05) is 30.3 Å². The fourth-order valence-electron chi connectivity index (χ4n) is 2.74. The van der Waals surface area contributed by atoms with Crippen molar-refractivity contribution >= 4 is 17.4 Å². The van der Waals surface area contributed by atoms with E-state index in [1.54, 1.807) is 24.0 Å². The zero-order valence-corrected chi connectivity index (χ0v) is 13.3. The third-order valence-electron chi connectivity index (χ3n) is 4.03. The van der Waals surface area contributed by atoms with Crippen LogP contribution in [0.25, 0.3) is 0 Å². The molecule has 1 aliphatic rings. The molecule has 0 atom stereocenters. The minimum absolute atomic E-state index is 0.0402. The average Bonchev–Trinajstić information content (AvgIpc) is 3.03. The lowest BCUT2D eigenvalue weighted by molar-refractivity contribution is -0.385. The van der Waals surface area contributed by atoms with Gasteiger partial charge in [0.2, 0.25) is 0 Å². The average molecular weight is 323 g/mol. The van der Waals surface area contributed by atoms with Crippen LogP contribution >= 0.6 is 0 Å². The number of hydrogen-bond acceptors (Lipinski definition) is 4. The second kappa shape index (κ2) is 6.62. The summed E-state index contributed by atoms with van der Waals surface area (Å²) in [6.07, 6.45) is 0.570. The maximum Gasteiger partial charge on any atom is 0.273 e. The second-order valence-corrected chi connectivity index (χ2v) is 5.68. The van der Waals surface area contributed by atoms with Gasteiger partial charge in [-0.1, -0.05) is 36.4 Å². The standard InChI is InChI=1S/C18H17N3O3/c1-13-7-8-15(12-16(13)21(23)24)18(22)20-10-9-19-17(20)11-14-5-3-2-4-6-14/h2-8,12H,9-11H2,1H3. The van der Waals surface area contributed by atoms with E-state index in [4.69, 9.17) is 0 Å². The van der Waals surface area contributed by atoms with Crippen LogP contribution < -0.4 is 0 Å². The minimum atomic E-state index is -0.463. The first-order valence-electron chi connectivity index (χ1n) is 7.70. The Labute approximate surface area is 139 Å². The molecule has 0 fully saturated rings. The Morgan fingerprint density at radius 2 is 2.00 bits per heavy atom. The van der Waals surface area contributed by atoms with Gasteiger partial charge in [0.15, 0.2) is 0 Å². The largest absolute Gasteiger partial charge is 0.294 e. The number of carbonyl (C=O) groups is 1. The number of aryl methyl sites for hydroxylation is 1. The number of aliphatic imine (C=N–C) groups is 1. The molecule has 1 heterocycles. The first kappa shape index (κ1) is 15.9. The van der Waals surface area contributed by atoms with E-state index in [9.17, 15) is 14.9 Å². The van der Waals surface area contributed by atoms with Crippen LogP contribution in [0.15, 0.2) is 53.5 Å². The lowest BCUT2D eigenvalue weighted by Crippen LogP contribution is -2.35. The van der Waals surface area contributed by atoms with Crippen LogP contribution in [0.3, 0.4) is 0 Å². The molecule has 1 aliphatic heterocycles. The van der Waals surface area contributed by atoms with Crippen LogP contribution in [-0.4, -0.2) is 34.7 Å². The lowest BCUT2D eigenvalue weighted by atomic mass is 10.1. The van der Waals surface area contributed by atoms with Crippen LogP contribution in [0, 0.1) is 17.0 Å². The number of nitro benzene ring substituents is 1. The molecule has 0 aromatic heterocycles. The molecule has 1 amide bonds. The third kappa shape index (κ3) is 3.17. The highest BCUT2D eigenvalue weighted by molar-refractivity contribution is 6.08. The predicted octanol–water partition coefficient (Wildman–Crippen LogP) is 3.00. The molecule has 6 heteroatoms. The quantitative estimate of drug-likeness (QED) is 0.641. The van der Waals surface area contributed by atoms with Gasteiger partial charge in [-0.05, 0) is 18.6 Å². The van der Waals surface area contributed by atoms with Crippen LogP contribution in [0.2, 0.25) is 0 Å². The van der Waals surface area contributed by atoms with E-state index >= 15 is 0 Å². The van der Waals surface area contributed by atoms with Gasteiger partial charge in [0, 0.05) is 30.2 Å². The molecule has 24 heavy (non-hydrogen) atoms. The molecule has 0 saturated carbocycles. The van der Waals surface area contributed by atoms with Gasteiger partial charge in [0.05, 0.1) is 11.5 Å². The molecule has 0 N–H and O–H groups in total. The Morgan fingerprint density at radius 3 is 2.71 bits per heavy atom. The zero-order chi connectivity index (χ0) is 17.1. The molecule has 122 valence electrons. The molecule has 0 unspecified atom stereocenters. The molecule has 0 aliphatic carbocycles. The van der Waals surface area contributed by atoms with Crippen molar-refractivity contribution in [3.05, 3.63) is 75.3 Å². The Bertz CT molecular complexity index is 816. The number of nitrogens with zero attached hydrogens (tertiary/aromatic N) is 3. The van der Waals surface area contributed by atoms with Crippen molar-refractivity contribution in [1.82, 2.24) is 4.90 Å². The maximum absolute atomic E-state index is 12.8. The summed E-state index contributed by atoms with van der Waals surface area (Å²) >= 11 is 0. The van der Waals surface area contributed by atoms with Gasteiger partial charge in [-0.15, -0.1) is 0 Å². The molecule has 0 radical (unpaired) electrons. The lowest BCUT2D eigenvalue weighted by Gasteiger charge is -2.18. The summed E-state index contributed by atoms with van der Waals surface area (Å²) in [5.74, 6) is 0.458. The number of rotatable bonds is 4. The summed E-state index contributed by atoms with van der Waals surface area (Å²) in [7, 11) is 0. The molecule has 2 aromatic rings. The number of benzene rings is 2. The Morgan fingerprint density at radius 1 is 1.25 bits per heavy atom. The smallest absolute Gasteiger partial charge is 0.273 e. The fourth-order valence-corrected chi connectivity index (χ4v) is 2.74. The molecule has 0 bridgehead atoms. The van der Waals surface area contributed by atoms with Crippen molar-refractivity contribution in [1.29, 1.82) is 0 Å². The van der Waals surface area contributed by atoms with Crippen molar-refractivity contribution in [3.8, 4) is 0 Å². The topological polar surface area (TPSA) is 75.8 Å². The van der Waals surface area contributed by atoms with Gasteiger partial charge in [-0.25, -0.2) is 0 Å². The summed E-state index contributed by atoms with van der Waals surface area (Å²) in [5.41, 5.74) is 1.89. The molecular formula is C18H17N3O3. The third-order valence-corrected chi connectivity index (χ3v) is 4.03. The number of amides is 1. The Balaban J connectivity index is 1.83. The van der Waals surface area contributed by atoms with Crippen molar-refractivity contribution in [2.45, 2.75) is 13.3 Å². The van der Waals surface area contributed by atoms with Crippen LogP contribution in [0.4, 0.5) is 5.69 Å². The van der Waals surface area contributed by atoms with E-state index in [0.717, 1.165) is 5.56 Å². The minimum Gasteiger partial charge on any atom is -0.294 e. The summed E-state index contributed by atoms with van der Waals surface area (Å²) in [5, 5.41) is 11.1. The molecule has 2 aromatic carbocycles. The van der Waals surface area contributed by atoms with Crippen molar-refractivity contribution in [2.24, 2.45) is 4.99 Å². The fraction of sp³-hybridized carbons (Fsp3) is 0.222. The first-order chi connectivity index (χ1) is 11.6. The predicted molar refractivity (Wildman–Crippen MR) is 91.3 cm³/mol. The van der Waals surface area contributed by atoms with Gasteiger partial charge in [-0.2, -0.15) is 0 Å². The monoisotopic (exact) mass is 323 g/mol. The molecule has 0 spiro atoms. The van der Waals surface area contributed by atoms with E-state index in [-0.39, 0.29) is 11.6 Å². The molecular weight excluding hydrogens is 306 g/mol. The summed E-state index contributed by atoms with van der Waals surface area (Å²) in [6, 6.07) is 14.4. The normalized spacial score (nSPS) is 13.7. The SMILES string of the molecule is Cc1ccc(C(=O)N2CCN=C2Cc2ccccc2)cc1[N+](=O)[O-]. The highest BCUT2D eigenvalue weighted by Crippen LogP contribution is 2.21. The number of nitro groups is 1. The van der Waals surface area contributed by atoms with Crippen molar-refractivity contribution in [2.75, 3.05) is 13.1 Å². The summed E-state index contributed by atoms with van der Waals surface area (Å²) in [6.45, 7) is 2.72.